The van der Waals surface area contributed by atoms with E-state index in [0.717, 1.165) is 18.9 Å². The van der Waals surface area contributed by atoms with Crippen molar-refractivity contribution in [2.24, 2.45) is 0 Å². The molecule has 3 rings (SSSR count). The Hall–Kier alpha value is -2.76. The number of thiazole rings is 1. The van der Waals surface area contributed by atoms with Crippen molar-refractivity contribution < 1.29 is 23.8 Å². The van der Waals surface area contributed by atoms with Crippen LogP contribution >= 0.6 is 11.3 Å². The number of alkyl carbamates (subject to hydrolysis) is 1. The van der Waals surface area contributed by atoms with Crippen molar-refractivity contribution in [3.63, 3.8) is 0 Å². The third-order valence-corrected chi connectivity index (χ3v) is 5.57. The monoisotopic (exact) mass is 491 g/mol. The molecule has 2 N–H and O–H groups in total. The Kier molecular flexibility index (Phi) is 8.45. The highest BCUT2D eigenvalue weighted by molar-refractivity contribution is 7.14. The van der Waals surface area contributed by atoms with E-state index in [1.54, 1.807) is 20.8 Å². The van der Waals surface area contributed by atoms with E-state index in [2.05, 4.69) is 34.4 Å². The summed E-state index contributed by atoms with van der Waals surface area (Å²) in [6.07, 6.45) is -0.438. The highest BCUT2D eigenvalue weighted by atomic mass is 32.1. The number of carbonyl (C=O) groups excluding carboxylic acids is 2. The maximum Gasteiger partial charge on any atom is 0.408 e. The Morgan fingerprint density at radius 2 is 1.91 bits per heavy atom. The average molecular weight is 492 g/mol. The van der Waals surface area contributed by atoms with Crippen LogP contribution in [-0.2, 0) is 19.0 Å². The molecule has 1 fully saturated rings. The number of methoxy groups -OCH3 is 1. The molecule has 0 radical (unpaired) electrons. The Labute approximate surface area is 204 Å². The molecule has 186 valence electrons. The minimum Gasteiger partial charge on any atom is -0.444 e. The van der Waals surface area contributed by atoms with Gasteiger partial charge in [0.25, 0.3) is 5.91 Å². The highest BCUT2D eigenvalue weighted by Gasteiger charge is 2.26. The van der Waals surface area contributed by atoms with Crippen LogP contribution in [0.25, 0.3) is 11.4 Å². The highest BCUT2D eigenvalue weighted by Crippen LogP contribution is 2.26. The van der Waals surface area contributed by atoms with E-state index in [-0.39, 0.29) is 18.8 Å². The molecule has 2 aromatic rings. The number of hydrogen-bond donors (Lipinski definition) is 2. The molecule has 3 heterocycles. The van der Waals surface area contributed by atoms with Crippen LogP contribution in [0.4, 0.5) is 15.7 Å². The lowest BCUT2D eigenvalue weighted by Crippen LogP contribution is -2.48. The van der Waals surface area contributed by atoms with Crippen LogP contribution < -0.4 is 15.5 Å². The molecule has 1 aliphatic rings. The maximum absolute atomic E-state index is 12.7. The summed E-state index contributed by atoms with van der Waals surface area (Å²) in [7, 11) is 1.45. The number of hydrogen-bond acceptors (Lipinski definition) is 9. The van der Waals surface area contributed by atoms with Crippen molar-refractivity contribution in [2.45, 2.75) is 58.5 Å². The minimum absolute atomic E-state index is 0.0106. The summed E-state index contributed by atoms with van der Waals surface area (Å²) in [6.45, 7) is 10.9. The summed E-state index contributed by atoms with van der Waals surface area (Å²) in [5, 5.41) is 7.50. The number of aromatic nitrogens is 2. The summed E-state index contributed by atoms with van der Waals surface area (Å²) >= 11 is 1.28. The first-order valence-corrected chi connectivity index (χ1v) is 12.0. The Bertz CT molecular complexity index is 982. The summed E-state index contributed by atoms with van der Waals surface area (Å²) < 4.78 is 16.1. The standard InChI is InChI=1S/C23H33N5O5S/c1-14-10-28(11-15(2)32-14)19-9-7-8-16(24-19)18-13-34-21(25-18)27-20(29)17(12-31-6)26-22(30)33-23(3,4)5/h7-9,13-15,17H,10-12H2,1-6H3,(H,26,30)(H,25,27,29)/t14?,15?,17-/m0/s1. The fourth-order valence-corrected chi connectivity index (χ4v) is 4.25. The Morgan fingerprint density at radius 3 is 2.56 bits per heavy atom. The summed E-state index contributed by atoms with van der Waals surface area (Å²) in [4.78, 5) is 36.3. The zero-order chi connectivity index (χ0) is 24.9. The van der Waals surface area contributed by atoms with Gasteiger partial charge in [0.05, 0.1) is 24.5 Å². The number of rotatable bonds is 7. The lowest BCUT2D eigenvalue weighted by molar-refractivity contribution is -0.119. The zero-order valence-corrected chi connectivity index (χ0v) is 21.3. The molecule has 2 amide bonds. The SMILES string of the molecule is COC[C@H](NC(=O)OC(C)(C)C)C(=O)Nc1nc(-c2cccc(N3CC(C)OC(C)C3)n2)cs1. The molecule has 0 aliphatic carbocycles. The second-order valence-corrected chi connectivity index (χ2v) is 10.1. The van der Waals surface area contributed by atoms with Gasteiger partial charge in [-0.05, 0) is 46.8 Å². The van der Waals surface area contributed by atoms with Gasteiger partial charge in [-0.15, -0.1) is 11.3 Å². The molecule has 1 saturated heterocycles. The van der Waals surface area contributed by atoms with E-state index in [9.17, 15) is 9.59 Å². The molecule has 34 heavy (non-hydrogen) atoms. The predicted octanol–water partition coefficient (Wildman–Crippen LogP) is 3.30. The molecule has 0 aromatic carbocycles. The molecule has 0 spiro atoms. The number of morpholine rings is 1. The van der Waals surface area contributed by atoms with Gasteiger partial charge in [-0.2, -0.15) is 0 Å². The quantitative estimate of drug-likeness (QED) is 0.606. The topological polar surface area (TPSA) is 115 Å². The summed E-state index contributed by atoms with van der Waals surface area (Å²) in [5.41, 5.74) is 0.683. The van der Waals surface area contributed by atoms with Gasteiger partial charge in [0.15, 0.2) is 5.13 Å². The third-order valence-electron chi connectivity index (χ3n) is 4.82. The van der Waals surface area contributed by atoms with Gasteiger partial charge in [0, 0.05) is 25.6 Å². The van der Waals surface area contributed by atoms with Gasteiger partial charge in [0.2, 0.25) is 0 Å². The van der Waals surface area contributed by atoms with Crippen molar-refractivity contribution in [3.8, 4) is 11.4 Å². The van der Waals surface area contributed by atoms with E-state index in [1.165, 1.54) is 18.4 Å². The van der Waals surface area contributed by atoms with Gasteiger partial charge in [-0.3, -0.25) is 4.79 Å². The third kappa shape index (κ3) is 7.37. The van der Waals surface area contributed by atoms with Crippen LogP contribution in [0.2, 0.25) is 0 Å². The van der Waals surface area contributed by atoms with Crippen molar-refractivity contribution in [2.75, 3.05) is 37.0 Å². The first-order valence-electron chi connectivity index (χ1n) is 11.2. The zero-order valence-electron chi connectivity index (χ0n) is 20.5. The minimum atomic E-state index is -0.932. The molecule has 0 bridgehead atoms. The lowest BCUT2D eigenvalue weighted by Gasteiger charge is -2.36. The molecule has 3 atom stereocenters. The predicted molar refractivity (Wildman–Crippen MR) is 131 cm³/mol. The van der Waals surface area contributed by atoms with Gasteiger partial charge in [-0.1, -0.05) is 6.07 Å². The van der Waals surface area contributed by atoms with Gasteiger partial charge >= 0.3 is 6.09 Å². The van der Waals surface area contributed by atoms with E-state index in [4.69, 9.17) is 19.2 Å². The van der Waals surface area contributed by atoms with E-state index < -0.39 is 23.6 Å². The van der Waals surface area contributed by atoms with E-state index in [0.29, 0.717) is 16.5 Å². The normalized spacial score (nSPS) is 19.4. The number of nitrogens with zero attached hydrogens (tertiary/aromatic N) is 3. The smallest absolute Gasteiger partial charge is 0.408 e. The largest absolute Gasteiger partial charge is 0.444 e. The van der Waals surface area contributed by atoms with E-state index >= 15 is 0 Å². The van der Waals surface area contributed by atoms with Crippen molar-refractivity contribution in [1.82, 2.24) is 15.3 Å². The number of ether oxygens (including phenoxy) is 3. The van der Waals surface area contributed by atoms with Crippen molar-refractivity contribution >= 4 is 34.3 Å². The second kappa shape index (κ2) is 11.1. The average Bonchev–Trinajstić information content (AvgIpc) is 3.20. The van der Waals surface area contributed by atoms with Crippen LogP contribution in [-0.4, -0.2) is 72.6 Å². The Morgan fingerprint density at radius 1 is 1.21 bits per heavy atom. The molecule has 10 nitrogen and oxygen atoms in total. The number of nitrogens with one attached hydrogen (secondary N) is 2. The van der Waals surface area contributed by atoms with Crippen LogP contribution in [0.1, 0.15) is 34.6 Å². The Balaban J connectivity index is 1.67. The molecule has 2 unspecified atom stereocenters. The van der Waals surface area contributed by atoms with Crippen LogP contribution in [0.3, 0.4) is 0 Å². The van der Waals surface area contributed by atoms with Crippen LogP contribution in [0.15, 0.2) is 23.6 Å². The molecule has 2 aromatic heterocycles. The number of anilines is 2. The molecular weight excluding hydrogens is 458 g/mol. The second-order valence-electron chi connectivity index (χ2n) is 9.22. The molecule has 0 saturated carbocycles. The number of pyridine rings is 1. The summed E-state index contributed by atoms with van der Waals surface area (Å²) in [6, 6.07) is 4.87. The van der Waals surface area contributed by atoms with Gasteiger partial charge < -0.3 is 29.7 Å². The molecule has 1 aliphatic heterocycles. The van der Waals surface area contributed by atoms with Gasteiger partial charge in [0.1, 0.15) is 23.2 Å². The lowest BCUT2D eigenvalue weighted by atomic mass is 10.2. The first kappa shape index (κ1) is 25.9. The summed E-state index contributed by atoms with van der Waals surface area (Å²) in [5.74, 6) is 0.409. The van der Waals surface area contributed by atoms with Crippen LogP contribution in [0.5, 0.6) is 0 Å². The van der Waals surface area contributed by atoms with Crippen molar-refractivity contribution in [3.05, 3.63) is 23.6 Å². The first-order chi connectivity index (χ1) is 16.0. The molecular formula is C23H33N5O5S. The fraction of sp³-hybridized carbons (Fsp3) is 0.565. The van der Waals surface area contributed by atoms with Crippen molar-refractivity contribution in [1.29, 1.82) is 0 Å². The number of carbonyl (C=O) groups is 2. The molecule has 11 heteroatoms. The fourth-order valence-electron chi connectivity index (χ4n) is 3.55. The number of amides is 2. The van der Waals surface area contributed by atoms with Crippen LogP contribution in [0, 0.1) is 0 Å². The maximum atomic E-state index is 12.7. The van der Waals surface area contributed by atoms with E-state index in [1.807, 2.05) is 23.6 Å². The van der Waals surface area contributed by atoms with Gasteiger partial charge in [-0.25, -0.2) is 14.8 Å².